The van der Waals surface area contributed by atoms with Gasteiger partial charge in [-0.15, -0.1) is 0 Å². The Balaban J connectivity index is 2.48. The van der Waals surface area contributed by atoms with E-state index in [2.05, 4.69) is 0 Å². The third kappa shape index (κ3) is 2.80. The van der Waals surface area contributed by atoms with Crippen LogP contribution in [0.15, 0.2) is 34.9 Å². The van der Waals surface area contributed by atoms with E-state index in [1.807, 2.05) is 27.7 Å². The van der Waals surface area contributed by atoms with Crippen molar-refractivity contribution >= 4 is 12.1 Å². The summed E-state index contributed by atoms with van der Waals surface area (Å²) >= 11 is 0. The second kappa shape index (κ2) is 5.38. The first kappa shape index (κ1) is 15.9. The van der Waals surface area contributed by atoms with E-state index in [0.29, 0.717) is 12.3 Å². The molecule has 1 unspecified atom stereocenters. The number of rotatable bonds is 4. The van der Waals surface area contributed by atoms with Gasteiger partial charge in [0.1, 0.15) is 11.9 Å². The van der Waals surface area contributed by atoms with Gasteiger partial charge in [-0.25, -0.2) is 0 Å². The highest BCUT2D eigenvalue weighted by Crippen LogP contribution is 2.51. The number of hydrogen-bond acceptors (Lipinski definition) is 3. The molecule has 0 amide bonds. The van der Waals surface area contributed by atoms with Crippen molar-refractivity contribution in [2.75, 3.05) is 0 Å². The van der Waals surface area contributed by atoms with Crippen molar-refractivity contribution in [1.82, 2.24) is 0 Å². The summed E-state index contributed by atoms with van der Waals surface area (Å²) in [6, 6.07) is 0. The van der Waals surface area contributed by atoms with Crippen LogP contribution in [-0.4, -0.2) is 22.8 Å². The van der Waals surface area contributed by atoms with Crippen molar-refractivity contribution in [3.63, 3.8) is 0 Å². The van der Waals surface area contributed by atoms with E-state index in [1.54, 1.807) is 12.2 Å². The largest absolute Gasteiger partial charge is 0.381 e. The first-order valence-electron chi connectivity index (χ1n) is 7.51. The smallest absolute Gasteiger partial charge is 0.159 e. The standard InChI is InChI=1S/C18H24O3/c1-12(8-10-19)7-9-18(21)13(2)16(14-5-6-14)15(20)11-17(18,3)4/h7-10,14,21H,5-6,11H2,1-4H3/b9-7+,12-8-. The Morgan fingerprint density at radius 1 is 1.33 bits per heavy atom. The molecule has 0 radical (unpaired) electrons. The average molecular weight is 288 g/mol. The molecule has 2 aliphatic carbocycles. The summed E-state index contributed by atoms with van der Waals surface area (Å²) in [7, 11) is 0. The fourth-order valence-electron chi connectivity index (χ4n) is 3.22. The quantitative estimate of drug-likeness (QED) is 0.491. The molecule has 3 heteroatoms. The molecule has 2 rings (SSSR count). The molecule has 0 aromatic rings. The van der Waals surface area contributed by atoms with Crippen LogP contribution in [-0.2, 0) is 9.59 Å². The second-order valence-electron chi connectivity index (χ2n) is 6.94. The van der Waals surface area contributed by atoms with E-state index in [9.17, 15) is 14.7 Å². The summed E-state index contributed by atoms with van der Waals surface area (Å²) in [4.78, 5) is 22.9. The molecule has 3 nitrogen and oxygen atoms in total. The Morgan fingerprint density at radius 3 is 2.48 bits per heavy atom. The van der Waals surface area contributed by atoms with Gasteiger partial charge in [0.05, 0.1) is 0 Å². The average Bonchev–Trinajstić information content (AvgIpc) is 3.18. The second-order valence-corrected chi connectivity index (χ2v) is 6.94. The maximum atomic E-state index is 12.4. The Hall–Kier alpha value is -1.48. The van der Waals surface area contributed by atoms with Gasteiger partial charge in [-0.2, -0.15) is 0 Å². The van der Waals surface area contributed by atoms with Crippen LogP contribution >= 0.6 is 0 Å². The van der Waals surface area contributed by atoms with Gasteiger partial charge in [-0.3, -0.25) is 9.59 Å². The lowest BCUT2D eigenvalue weighted by Gasteiger charge is -2.46. The predicted molar refractivity (Wildman–Crippen MR) is 82.7 cm³/mol. The number of ketones is 1. The summed E-state index contributed by atoms with van der Waals surface area (Å²) in [5.41, 5.74) is 0.702. The van der Waals surface area contributed by atoms with Crippen molar-refractivity contribution in [1.29, 1.82) is 0 Å². The minimum atomic E-state index is -1.14. The lowest BCUT2D eigenvalue weighted by atomic mass is 9.62. The molecule has 114 valence electrons. The van der Waals surface area contributed by atoms with E-state index in [1.165, 1.54) is 6.08 Å². The summed E-state index contributed by atoms with van der Waals surface area (Å²) < 4.78 is 0. The van der Waals surface area contributed by atoms with Gasteiger partial charge in [-0.05, 0) is 55.9 Å². The van der Waals surface area contributed by atoms with Gasteiger partial charge in [0.2, 0.25) is 0 Å². The van der Waals surface area contributed by atoms with Gasteiger partial charge in [0.25, 0.3) is 0 Å². The topological polar surface area (TPSA) is 54.4 Å². The van der Waals surface area contributed by atoms with Gasteiger partial charge < -0.3 is 5.11 Å². The Morgan fingerprint density at radius 2 is 1.95 bits per heavy atom. The van der Waals surface area contributed by atoms with E-state index in [0.717, 1.165) is 35.8 Å². The number of carbonyl (C=O) groups excluding carboxylic acids is 2. The summed E-state index contributed by atoms with van der Waals surface area (Å²) in [6.07, 6.45) is 8.14. The molecule has 0 aromatic heterocycles. The van der Waals surface area contributed by atoms with Crippen LogP contribution < -0.4 is 0 Å². The molecule has 2 aliphatic rings. The van der Waals surface area contributed by atoms with Crippen LogP contribution in [0.1, 0.15) is 47.0 Å². The number of aldehydes is 1. The molecule has 1 atom stereocenters. The van der Waals surface area contributed by atoms with Crippen LogP contribution in [0.25, 0.3) is 0 Å². The van der Waals surface area contributed by atoms with Gasteiger partial charge in [-0.1, -0.05) is 19.9 Å². The molecule has 1 N–H and O–H groups in total. The Bertz CT molecular complexity index is 559. The van der Waals surface area contributed by atoms with Crippen molar-refractivity contribution in [2.45, 2.75) is 52.6 Å². The molecule has 21 heavy (non-hydrogen) atoms. The van der Waals surface area contributed by atoms with Gasteiger partial charge in [0, 0.05) is 17.4 Å². The molecule has 1 fully saturated rings. The number of Topliss-reactive ketones (excluding diaryl/α,β-unsaturated/α-hetero) is 1. The Kier molecular flexibility index (Phi) is 4.07. The van der Waals surface area contributed by atoms with Crippen LogP contribution in [0, 0.1) is 11.3 Å². The fourth-order valence-corrected chi connectivity index (χ4v) is 3.22. The third-order valence-electron chi connectivity index (χ3n) is 4.81. The summed E-state index contributed by atoms with van der Waals surface area (Å²) in [6.45, 7) is 7.52. The molecule has 0 bridgehead atoms. The minimum Gasteiger partial charge on any atom is -0.381 e. The maximum absolute atomic E-state index is 12.4. The van der Waals surface area contributed by atoms with Crippen molar-refractivity contribution in [3.8, 4) is 0 Å². The number of aliphatic hydroxyl groups is 1. The predicted octanol–water partition coefficient (Wildman–Crippen LogP) is 3.14. The van der Waals surface area contributed by atoms with Crippen molar-refractivity contribution in [2.24, 2.45) is 11.3 Å². The first-order chi connectivity index (χ1) is 9.73. The van der Waals surface area contributed by atoms with Gasteiger partial charge >= 0.3 is 0 Å². The lowest BCUT2D eigenvalue weighted by molar-refractivity contribution is -0.123. The van der Waals surface area contributed by atoms with Crippen LogP contribution in [0.5, 0.6) is 0 Å². The molecular weight excluding hydrogens is 264 g/mol. The molecule has 0 saturated heterocycles. The zero-order valence-electron chi connectivity index (χ0n) is 13.3. The SMILES string of the molecule is CC1=C(C2CC2)C(=O)CC(C)(C)C1(O)/C=C/C(C)=C\C=O. The minimum absolute atomic E-state index is 0.179. The zero-order valence-corrected chi connectivity index (χ0v) is 13.3. The molecule has 1 saturated carbocycles. The lowest BCUT2D eigenvalue weighted by Crippen LogP contribution is -2.49. The monoisotopic (exact) mass is 288 g/mol. The molecule has 0 aliphatic heterocycles. The molecular formula is C18H24O3. The van der Waals surface area contributed by atoms with E-state index >= 15 is 0 Å². The third-order valence-corrected chi connectivity index (χ3v) is 4.81. The van der Waals surface area contributed by atoms with E-state index < -0.39 is 11.0 Å². The molecule has 0 heterocycles. The van der Waals surface area contributed by atoms with Crippen LogP contribution in [0.3, 0.4) is 0 Å². The molecule has 0 spiro atoms. The van der Waals surface area contributed by atoms with Crippen molar-refractivity contribution < 1.29 is 14.7 Å². The maximum Gasteiger partial charge on any atom is 0.159 e. The molecule has 0 aromatic carbocycles. The van der Waals surface area contributed by atoms with Crippen molar-refractivity contribution in [3.05, 3.63) is 34.9 Å². The van der Waals surface area contributed by atoms with Crippen LogP contribution in [0.2, 0.25) is 0 Å². The number of allylic oxidation sites excluding steroid dienone is 4. The van der Waals surface area contributed by atoms with E-state index in [4.69, 9.17) is 0 Å². The normalized spacial score (nSPS) is 30.1. The van der Waals surface area contributed by atoms with E-state index in [-0.39, 0.29) is 5.78 Å². The highest BCUT2D eigenvalue weighted by atomic mass is 16.3. The zero-order chi connectivity index (χ0) is 15.8. The summed E-state index contributed by atoms with van der Waals surface area (Å²) in [5.74, 6) is 0.512. The highest BCUT2D eigenvalue weighted by Gasteiger charge is 2.51. The Labute approximate surface area is 126 Å². The van der Waals surface area contributed by atoms with Gasteiger partial charge in [0.15, 0.2) is 5.78 Å². The number of carbonyl (C=O) groups is 2. The first-order valence-corrected chi connectivity index (χ1v) is 7.51. The highest BCUT2D eigenvalue weighted by molar-refractivity contribution is 5.99. The summed E-state index contributed by atoms with van der Waals surface area (Å²) in [5, 5.41) is 11.2. The number of hydrogen-bond donors (Lipinski definition) is 1. The fraction of sp³-hybridized carbons (Fsp3) is 0.556. The van der Waals surface area contributed by atoms with Crippen LogP contribution in [0.4, 0.5) is 0 Å².